The molecule has 0 atom stereocenters. The fourth-order valence-electron chi connectivity index (χ4n) is 1.99. The van der Waals surface area contributed by atoms with Crippen molar-refractivity contribution < 1.29 is 13.2 Å². The quantitative estimate of drug-likeness (QED) is 0.880. The summed E-state index contributed by atoms with van der Waals surface area (Å²) in [7, 11) is -0.661. The first kappa shape index (κ1) is 15.2. The zero-order valence-electron chi connectivity index (χ0n) is 12.2. The van der Waals surface area contributed by atoms with Crippen LogP contribution in [-0.2, 0) is 10.0 Å². The van der Waals surface area contributed by atoms with Gasteiger partial charge in [0, 0.05) is 12.7 Å². The molecule has 0 aliphatic carbocycles. The zero-order chi connectivity index (χ0) is 15.6. The summed E-state index contributed by atoms with van der Waals surface area (Å²) in [5.41, 5.74) is 7.51. The maximum absolute atomic E-state index is 12.7. The molecular formula is C15H18N2O3S. The number of benzene rings is 2. The smallest absolute Gasteiger partial charge is 0.264 e. The summed E-state index contributed by atoms with van der Waals surface area (Å²) >= 11 is 0. The van der Waals surface area contributed by atoms with Gasteiger partial charge in [0.1, 0.15) is 5.75 Å². The first-order chi connectivity index (χ1) is 9.87. The molecule has 0 aromatic heterocycles. The largest absolute Gasteiger partial charge is 0.495 e. The molecule has 0 radical (unpaired) electrons. The molecule has 6 heteroatoms. The Bertz CT molecular complexity index is 757. The van der Waals surface area contributed by atoms with Crippen LogP contribution in [-0.4, -0.2) is 22.6 Å². The summed E-state index contributed by atoms with van der Waals surface area (Å²) in [6.45, 7) is 1.78. The standard InChI is InChI=1S/C15H18N2O3S/c1-11-10-12(8-9-13(11)16)21(18,19)17(2)14-6-4-5-7-15(14)20-3/h4-10H,16H2,1-3H3. The maximum Gasteiger partial charge on any atom is 0.264 e. The third kappa shape index (κ3) is 2.80. The molecule has 2 N–H and O–H groups in total. The van der Waals surface area contributed by atoms with Crippen molar-refractivity contribution in [3.8, 4) is 5.75 Å². The van der Waals surface area contributed by atoms with E-state index in [0.717, 1.165) is 5.56 Å². The van der Waals surface area contributed by atoms with Crippen molar-refractivity contribution >= 4 is 21.4 Å². The van der Waals surface area contributed by atoms with E-state index in [0.29, 0.717) is 17.1 Å². The highest BCUT2D eigenvalue weighted by atomic mass is 32.2. The number of methoxy groups -OCH3 is 1. The van der Waals surface area contributed by atoms with Crippen molar-refractivity contribution in [3.05, 3.63) is 48.0 Å². The molecule has 0 heterocycles. The van der Waals surface area contributed by atoms with Crippen molar-refractivity contribution in [1.82, 2.24) is 0 Å². The lowest BCUT2D eigenvalue weighted by atomic mass is 10.2. The van der Waals surface area contributed by atoms with E-state index in [1.165, 1.54) is 24.5 Å². The van der Waals surface area contributed by atoms with Gasteiger partial charge in [-0.3, -0.25) is 4.31 Å². The van der Waals surface area contributed by atoms with Crippen LogP contribution < -0.4 is 14.8 Å². The summed E-state index contributed by atoms with van der Waals surface area (Å²) in [5, 5.41) is 0. The average Bonchev–Trinajstić information content (AvgIpc) is 2.49. The van der Waals surface area contributed by atoms with Crippen molar-refractivity contribution in [2.45, 2.75) is 11.8 Å². The molecule has 0 spiro atoms. The van der Waals surface area contributed by atoms with Crippen LogP contribution >= 0.6 is 0 Å². The number of sulfonamides is 1. The molecule has 0 fully saturated rings. The third-order valence-electron chi connectivity index (χ3n) is 3.32. The molecule has 0 saturated heterocycles. The van der Waals surface area contributed by atoms with Crippen LogP contribution in [0.2, 0.25) is 0 Å². The van der Waals surface area contributed by atoms with Crippen molar-refractivity contribution in [2.24, 2.45) is 0 Å². The highest BCUT2D eigenvalue weighted by Gasteiger charge is 2.23. The second kappa shape index (κ2) is 5.65. The van der Waals surface area contributed by atoms with E-state index in [-0.39, 0.29) is 4.90 Å². The lowest BCUT2D eigenvalue weighted by Gasteiger charge is -2.22. The highest BCUT2D eigenvalue weighted by molar-refractivity contribution is 7.92. The molecule has 0 bridgehead atoms. The van der Waals surface area contributed by atoms with Gasteiger partial charge < -0.3 is 10.5 Å². The lowest BCUT2D eigenvalue weighted by molar-refractivity contribution is 0.416. The summed E-state index contributed by atoms with van der Waals surface area (Å²) < 4.78 is 31.8. The molecule has 112 valence electrons. The second-order valence-corrected chi connectivity index (χ2v) is 6.63. The summed E-state index contributed by atoms with van der Waals surface area (Å²) in [6, 6.07) is 11.6. The van der Waals surface area contributed by atoms with Crippen LogP contribution in [0.15, 0.2) is 47.4 Å². The fraction of sp³-hybridized carbons (Fsp3) is 0.200. The second-order valence-electron chi connectivity index (χ2n) is 4.66. The summed E-state index contributed by atoms with van der Waals surface area (Å²) in [4.78, 5) is 0.197. The Morgan fingerprint density at radius 3 is 2.43 bits per heavy atom. The predicted molar refractivity (Wildman–Crippen MR) is 84.2 cm³/mol. The number of ether oxygens (including phenoxy) is 1. The maximum atomic E-state index is 12.7. The van der Waals surface area contributed by atoms with Gasteiger partial charge in [-0.05, 0) is 42.8 Å². The predicted octanol–water partition coefficient (Wildman–Crippen LogP) is 2.41. The van der Waals surface area contributed by atoms with Gasteiger partial charge >= 0.3 is 0 Å². The number of hydrogen-bond donors (Lipinski definition) is 1. The normalized spacial score (nSPS) is 11.2. The van der Waals surface area contributed by atoms with E-state index in [1.54, 1.807) is 43.3 Å². The molecule has 0 saturated carbocycles. The van der Waals surface area contributed by atoms with Gasteiger partial charge in [0.25, 0.3) is 10.0 Å². The van der Waals surface area contributed by atoms with Crippen molar-refractivity contribution in [2.75, 3.05) is 24.2 Å². The minimum absolute atomic E-state index is 0.197. The van der Waals surface area contributed by atoms with E-state index in [1.807, 2.05) is 0 Å². The van der Waals surface area contributed by atoms with Crippen molar-refractivity contribution in [1.29, 1.82) is 0 Å². The Morgan fingerprint density at radius 2 is 1.81 bits per heavy atom. The Hall–Kier alpha value is -2.21. The molecule has 21 heavy (non-hydrogen) atoms. The SMILES string of the molecule is COc1ccccc1N(C)S(=O)(=O)c1ccc(N)c(C)c1. The minimum Gasteiger partial charge on any atom is -0.495 e. The summed E-state index contributed by atoms with van der Waals surface area (Å²) in [6.07, 6.45) is 0. The number of anilines is 2. The molecule has 5 nitrogen and oxygen atoms in total. The number of aryl methyl sites for hydroxylation is 1. The Kier molecular flexibility index (Phi) is 4.09. The van der Waals surface area contributed by atoms with Crippen LogP contribution in [0.3, 0.4) is 0 Å². The van der Waals surface area contributed by atoms with Crippen LogP contribution in [0, 0.1) is 6.92 Å². The van der Waals surface area contributed by atoms with E-state index in [2.05, 4.69) is 0 Å². The molecular weight excluding hydrogens is 288 g/mol. The molecule has 2 rings (SSSR count). The van der Waals surface area contributed by atoms with Crippen molar-refractivity contribution in [3.63, 3.8) is 0 Å². The monoisotopic (exact) mass is 306 g/mol. The Morgan fingerprint density at radius 1 is 1.14 bits per heavy atom. The lowest BCUT2D eigenvalue weighted by Crippen LogP contribution is -2.27. The van der Waals surface area contributed by atoms with Gasteiger partial charge in [0.05, 0.1) is 17.7 Å². The molecule has 0 unspecified atom stereocenters. The fourth-order valence-corrected chi connectivity index (χ4v) is 3.28. The number of nitrogens with two attached hydrogens (primary N) is 1. The molecule has 0 aliphatic heterocycles. The van der Waals surface area contributed by atoms with Gasteiger partial charge in [-0.1, -0.05) is 12.1 Å². The van der Waals surface area contributed by atoms with Gasteiger partial charge in [-0.2, -0.15) is 0 Å². The molecule has 0 amide bonds. The first-order valence-corrected chi connectivity index (χ1v) is 7.80. The van der Waals surface area contributed by atoms with Gasteiger partial charge in [0.15, 0.2) is 0 Å². The first-order valence-electron chi connectivity index (χ1n) is 6.36. The number of nitrogens with zero attached hydrogens (tertiary/aromatic N) is 1. The number of rotatable bonds is 4. The molecule has 2 aromatic carbocycles. The molecule has 0 aliphatic rings. The summed E-state index contributed by atoms with van der Waals surface area (Å²) in [5.74, 6) is 0.496. The average molecular weight is 306 g/mol. The zero-order valence-corrected chi connectivity index (χ0v) is 13.0. The van der Waals surface area contributed by atoms with E-state index in [4.69, 9.17) is 10.5 Å². The number of hydrogen-bond acceptors (Lipinski definition) is 4. The van der Waals surface area contributed by atoms with Gasteiger partial charge in [-0.15, -0.1) is 0 Å². The Balaban J connectivity index is 2.50. The van der Waals surface area contributed by atoms with Crippen LogP contribution in [0.4, 0.5) is 11.4 Å². The number of nitrogen functional groups attached to an aromatic ring is 1. The topological polar surface area (TPSA) is 72.6 Å². The van der Waals surface area contributed by atoms with Gasteiger partial charge in [0.2, 0.25) is 0 Å². The van der Waals surface area contributed by atoms with E-state index in [9.17, 15) is 8.42 Å². The molecule has 2 aromatic rings. The van der Waals surface area contributed by atoms with Crippen LogP contribution in [0.5, 0.6) is 5.75 Å². The highest BCUT2D eigenvalue weighted by Crippen LogP contribution is 2.31. The van der Waals surface area contributed by atoms with Gasteiger partial charge in [-0.25, -0.2) is 8.42 Å². The third-order valence-corrected chi connectivity index (χ3v) is 5.09. The van der Waals surface area contributed by atoms with Crippen LogP contribution in [0.25, 0.3) is 0 Å². The van der Waals surface area contributed by atoms with E-state index < -0.39 is 10.0 Å². The Labute approximate surface area is 125 Å². The van der Waals surface area contributed by atoms with Crippen LogP contribution in [0.1, 0.15) is 5.56 Å². The van der Waals surface area contributed by atoms with E-state index >= 15 is 0 Å². The number of para-hydroxylation sites is 2. The minimum atomic E-state index is -3.67.